The Labute approximate surface area is 114 Å². The Kier molecular flexibility index (Phi) is 4.42. The van der Waals surface area contributed by atoms with Crippen LogP contribution >= 0.6 is 0 Å². The average Bonchev–Trinajstić information content (AvgIpc) is 2.38. The van der Waals surface area contributed by atoms with Gasteiger partial charge in [-0.15, -0.1) is 0 Å². The first-order valence-corrected chi connectivity index (χ1v) is 8.18. The number of nitrogens with zero attached hydrogens (tertiary/aromatic N) is 1. The van der Waals surface area contributed by atoms with E-state index in [-0.39, 0.29) is 10.6 Å². The maximum absolute atomic E-state index is 12.2. The summed E-state index contributed by atoms with van der Waals surface area (Å²) in [6.07, 6.45) is 7.49. The van der Waals surface area contributed by atoms with Crippen LogP contribution < -0.4 is 10.5 Å². The predicted octanol–water partition coefficient (Wildman–Crippen LogP) is 1.77. The molecular formula is C13H21N3O2S. The molecule has 0 amide bonds. The first-order valence-electron chi connectivity index (χ1n) is 6.70. The number of aromatic nitrogens is 1. The van der Waals surface area contributed by atoms with Gasteiger partial charge in [0.15, 0.2) is 0 Å². The zero-order chi connectivity index (χ0) is 13.9. The highest BCUT2D eigenvalue weighted by atomic mass is 32.2. The third-order valence-electron chi connectivity index (χ3n) is 3.93. The fourth-order valence-electron chi connectivity index (χ4n) is 2.61. The highest BCUT2D eigenvalue weighted by Gasteiger charge is 2.24. The Bertz CT molecular complexity index is 530. The molecule has 0 aromatic carbocycles. The van der Waals surface area contributed by atoms with E-state index in [9.17, 15) is 8.42 Å². The molecule has 1 aromatic rings. The molecule has 2 rings (SSSR count). The summed E-state index contributed by atoms with van der Waals surface area (Å²) >= 11 is 0. The monoisotopic (exact) mass is 283 g/mol. The number of anilines is 1. The van der Waals surface area contributed by atoms with Crippen molar-refractivity contribution in [2.75, 3.05) is 12.3 Å². The molecule has 5 nitrogen and oxygen atoms in total. The highest BCUT2D eigenvalue weighted by molar-refractivity contribution is 7.89. The maximum Gasteiger partial charge on any atom is 0.244 e. The quantitative estimate of drug-likeness (QED) is 0.882. The topological polar surface area (TPSA) is 85.1 Å². The lowest BCUT2D eigenvalue weighted by atomic mass is 9.81. The number of hydrogen-bond donors (Lipinski definition) is 2. The van der Waals surface area contributed by atoms with Gasteiger partial charge in [-0.25, -0.2) is 13.1 Å². The number of pyridine rings is 1. The van der Waals surface area contributed by atoms with Crippen molar-refractivity contribution < 1.29 is 8.42 Å². The van der Waals surface area contributed by atoms with Crippen LogP contribution in [0.15, 0.2) is 23.4 Å². The number of hydrogen-bond acceptors (Lipinski definition) is 4. The number of nitrogen functional groups attached to an aromatic ring is 1. The molecule has 0 bridgehead atoms. The Morgan fingerprint density at radius 2 is 2.16 bits per heavy atom. The normalized spacial score (nSPS) is 24.3. The minimum Gasteiger partial charge on any atom is -0.398 e. The van der Waals surface area contributed by atoms with Crippen molar-refractivity contribution in [2.24, 2.45) is 11.8 Å². The van der Waals surface area contributed by atoms with Crippen LogP contribution in [-0.2, 0) is 10.0 Å². The van der Waals surface area contributed by atoms with Gasteiger partial charge in [-0.05, 0) is 24.3 Å². The molecule has 19 heavy (non-hydrogen) atoms. The minimum atomic E-state index is -3.55. The minimum absolute atomic E-state index is 0.0680. The number of nitrogens with two attached hydrogens (primary N) is 1. The standard InChI is InChI=1S/C13H21N3O2S/c1-10-4-2-3-5-11(10)8-16-19(17,18)13-9-15-7-6-12(13)14/h6-7,9-11,16H,2-5,8H2,1H3,(H2,14,15). The number of sulfonamides is 1. The first-order chi connectivity index (χ1) is 9.00. The molecule has 2 atom stereocenters. The molecule has 3 N–H and O–H groups in total. The van der Waals surface area contributed by atoms with E-state index in [0.717, 1.165) is 6.42 Å². The van der Waals surface area contributed by atoms with Crippen LogP contribution in [0.25, 0.3) is 0 Å². The smallest absolute Gasteiger partial charge is 0.244 e. The fraction of sp³-hybridized carbons (Fsp3) is 0.615. The third kappa shape index (κ3) is 3.45. The van der Waals surface area contributed by atoms with Gasteiger partial charge in [0.25, 0.3) is 0 Å². The Morgan fingerprint density at radius 3 is 2.84 bits per heavy atom. The van der Waals surface area contributed by atoms with E-state index in [1.807, 2.05) is 0 Å². The SMILES string of the molecule is CC1CCCCC1CNS(=O)(=O)c1cnccc1N. The summed E-state index contributed by atoms with van der Waals surface area (Å²) in [7, 11) is -3.55. The molecule has 0 radical (unpaired) electrons. The van der Waals surface area contributed by atoms with E-state index in [2.05, 4.69) is 16.6 Å². The molecule has 6 heteroatoms. The Morgan fingerprint density at radius 1 is 1.42 bits per heavy atom. The summed E-state index contributed by atoms with van der Waals surface area (Å²) in [4.78, 5) is 3.89. The Balaban J connectivity index is 2.04. The molecule has 0 saturated heterocycles. The largest absolute Gasteiger partial charge is 0.398 e. The number of nitrogens with one attached hydrogen (secondary N) is 1. The van der Waals surface area contributed by atoms with Crippen molar-refractivity contribution in [1.29, 1.82) is 0 Å². The van der Waals surface area contributed by atoms with Gasteiger partial charge in [-0.2, -0.15) is 0 Å². The molecule has 0 spiro atoms. The van der Waals surface area contributed by atoms with Crippen molar-refractivity contribution in [2.45, 2.75) is 37.5 Å². The van der Waals surface area contributed by atoms with Crippen LogP contribution in [0.4, 0.5) is 5.69 Å². The molecule has 1 heterocycles. The van der Waals surface area contributed by atoms with Crippen LogP contribution in [0.3, 0.4) is 0 Å². The van der Waals surface area contributed by atoms with E-state index in [4.69, 9.17) is 5.73 Å². The van der Waals surface area contributed by atoms with Gasteiger partial charge in [0, 0.05) is 18.9 Å². The lowest BCUT2D eigenvalue weighted by Gasteiger charge is -2.28. The molecule has 0 aliphatic heterocycles. The van der Waals surface area contributed by atoms with Crippen molar-refractivity contribution >= 4 is 15.7 Å². The lowest BCUT2D eigenvalue weighted by molar-refractivity contribution is 0.257. The summed E-state index contributed by atoms with van der Waals surface area (Å²) in [5, 5.41) is 0. The average molecular weight is 283 g/mol. The van der Waals surface area contributed by atoms with Gasteiger partial charge in [-0.3, -0.25) is 4.98 Å². The van der Waals surface area contributed by atoms with E-state index in [1.54, 1.807) is 0 Å². The van der Waals surface area contributed by atoms with Crippen LogP contribution in [0.2, 0.25) is 0 Å². The number of rotatable bonds is 4. The summed E-state index contributed by atoms with van der Waals surface area (Å²) < 4.78 is 27.0. The molecule has 1 aromatic heterocycles. The van der Waals surface area contributed by atoms with E-state index in [1.165, 1.54) is 37.7 Å². The van der Waals surface area contributed by atoms with E-state index >= 15 is 0 Å². The predicted molar refractivity (Wildman–Crippen MR) is 75.0 cm³/mol. The van der Waals surface area contributed by atoms with Crippen LogP contribution in [0.5, 0.6) is 0 Å². The van der Waals surface area contributed by atoms with Gasteiger partial charge in [0.05, 0.1) is 5.69 Å². The molecule has 1 fully saturated rings. The van der Waals surface area contributed by atoms with Crippen LogP contribution in [0, 0.1) is 11.8 Å². The highest BCUT2D eigenvalue weighted by Crippen LogP contribution is 2.29. The second kappa shape index (κ2) is 5.88. The zero-order valence-corrected chi connectivity index (χ0v) is 12.0. The molecule has 1 saturated carbocycles. The fourth-order valence-corrected chi connectivity index (χ4v) is 3.77. The zero-order valence-electron chi connectivity index (χ0n) is 11.2. The summed E-state index contributed by atoms with van der Waals surface area (Å²) in [5.41, 5.74) is 5.92. The molecular weight excluding hydrogens is 262 g/mol. The first kappa shape index (κ1) is 14.3. The summed E-state index contributed by atoms with van der Waals surface area (Å²) in [6, 6.07) is 1.50. The van der Waals surface area contributed by atoms with Gasteiger partial charge in [0.1, 0.15) is 4.90 Å². The second-order valence-electron chi connectivity index (χ2n) is 5.29. The van der Waals surface area contributed by atoms with E-state index < -0.39 is 10.0 Å². The van der Waals surface area contributed by atoms with Crippen LogP contribution in [0.1, 0.15) is 32.6 Å². The third-order valence-corrected chi connectivity index (χ3v) is 5.40. The lowest BCUT2D eigenvalue weighted by Crippen LogP contribution is -2.33. The van der Waals surface area contributed by atoms with Crippen LogP contribution in [-0.4, -0.2) is 19.9 Å². The Hall–Kier alpha value is -1.14. The van der Waals surface area contributed by atoms with Gasteiger partial charge >= 0.3 is 0 Å². The molecule has 1 aliphatic carbocycles. The van der Waals surface area contributed by atoms with Crippen molar-refractivity contribution in [1.82, 2.24) is 9.71 Å². The van der Waals surface area contributed by atoms with Gasteiger partial charge in [0.2, 0.25) is 10.0 Å². The van der Waals surface area contributed by atoms with Crippen molar-refractivity contribution in [3.8, 4) is 0 Å². The van der Waals surface area contributed by atoms with Crippen molar-refractivity contribution in [3.63, 3.8) is 0 Å². The molecule has 1 aliphatic rings. The van der Waals surface area contributed by atoms with E-state index in [0.29, 0.717) is 18.4 Å². The second-order valence-corrected chi connectivity index (χ2v) is 7.02. The molecule has 106 valence electrons. The summed E-state index contributed by atoms with van der Waals surface area (Å²) in [6.45, 7) is 2.67. The van der Waals surface area contributed by atoms with Crippen molar-refractivity contribution in [3.05, 3.63) is 18.5 Å². The van der Waals surface area contributed by atoms with Gasteiger partial charge in [-0.1, -0.05) is 26.2 Å². The van der Waals surface area contributed by atoms with Gasteiger partial charge < -0.3 is 5.73 Å². The summed E-state index contributed by atoms with van der Waals surface area (Å²) in [5.74, 6) is 0.990. The molecule has 2 unspecified atom stereocenters. The maximum atomic E-state index is 12.2.